The number of nitrogens with one attached hydrogen (secondary N) is 1. The van der Waals surface area contributed by atoms with Gasteiger partial charge in [-0.05, 0) is 29.7 Å². The highest BCUT2D eigenvalue weighted by molar-refractivity contribution is 9.10. The van der Waals surface area contributed by atoms with E-state index in [0.717, 1.165) is 22.5 Å². The van der Waals surface area contributed by atoms with Gasteiger partial charge in [0.2, 0.25) is 0 Å². The zero-order valence-electron chi connectivity index (χ0n) is 10.8. The summed E-state index contributed by atoms with van der Waals surface area (Å²) in [6.45, 7) is 0.969. The molecule has 19 heavy (non-hydrogen) atoms. The third-order valence-corrected chi connectivity index (χ3v) is 4.08. The van der Waals surface area contributed by atoms with Crippen LogP contribution in [0.1, 0.15) is 17.0 Å². The first-order chi connectivity index (χ1) is 9.26. The van der Waals surface area contributed by atoms with Crippen molar-refractivity contribution < 1.29 is 4.74 Å². The lowest BCUT2D eigenvalue weighted by atomic mass is 9.77. The highest BCUT2D eigenvalue weighted by Crippen LogP contribution is 2.35. The zero-order valence-corrected chi connectivity index (χ0v) is 12.4. The molecular formula is C16H16BrNO. The van der Waals surface area contributed by atoms with Gasteiger partial charge in [-0.3, -0.25) is 0 Å². The van der Waals surface area contributed by atoms with Crippen LogP contribution in [0.2, 0.25) is 0 Å². The van der Waals surface area contributed by atoms with Crippen molar-refractivity contribution in [3.63, 3.8) is 0 Å². The second-order valence-corrected chi connectivity index (χ2v) is 5.78. The van der Waals surface area contributed by atoms with Crippen molar-refractivity contribution in [2.45, 2.75) is 12.3 Å². The molecule has 0 aliphatic heterocycles. The first-order valence-electron chi connectivity index (χ1n) is 6.42. The molecule has 1 atom stereocenters. The van der Waals surface area contributed by atoms with Crippen LogP contribution in [0, 0.1) is 0 Å². The van der Waals surface area contributed by atoms with Crippen LogP contribution in [0.25, 0.3) is 0 Å². The van der Waals surface area contributed by atoms with E-state index in [1.165, 1.54) is 17.5 Å². The second-order valence-electron chi connectivity index (χ2n) is 4.86. The molecule has 0 saturated heterocycles. The van der Waals surface area contributed by atoms with Crippen molar-refractivity contribution in [3.05, 3.63) is 58.1 Å². The quantitative estimate of drug-likeness (QED) is 0.912. The van der Waals surface area contributed by atoms with Gasteiger partial charge in [0.05, 0.1) is 7.11 Å². The summed E-state index contributed by atoms with van der Waals surface area (Å²) in [6, 6.07) is 14.7. The third kappa shape index (κ3) is 2.61. The fourth-order valence-corrected chi connectivity index (χ4v) is 3.04. The number of hydrogen-bond acceptors (Lipinski definition) is 2. The largest absolute Gasteiger partial charge is 0.497 e. The maximum absolute atomic E-state index is 5.27. The summed E-state index contributed by atoms with van der Waals surface area (Å²) in [5.74, 6) is 1.49. The molecule has 2 aromatic carbocycles. The lowest BCUT2D eigenvalue weighted by Crippen LogP contribution is -2.24. The molecule has 1 unspecified atom stereocenters. The van der Waals surface area contributed by atoms with Gasteiger partial charge >= 0.3 is 0 Å². The summed E-state index contributed by atoms with van der Waals surface area (Å²) < 4.78 is 6.30. The molecule has 0 heterocycles. The lowest BCUT2D eigenvalue weighted by Gasteiger charge is -2.30. The Kier molecular flexibility index (Phi) is 3.47. The van der Waals surface area contributed by atoms with E-state index in [1.54, 1.807) is 7.11 Å². The Labute approximate surface area is 121 Å². The number of halogens is 1. The first kappa shape index (κ1) is 12.5. The van der Waals surface area contributed by atoms with Crippen LogP contribution in [-0.2, 0) is 6.42 Å². The normalized spacial score (nSPS) is 16.4. The van der Waals surface area contributed by atoms with Gasteiger partial charge in [-0.1, -0.05) is 40.2 Å². The second kappa shape index (κ2) is 5.25. The number of benzene rings is 2. The number of ether oxygens (including phenoxy) is 1. The Morgan fingerprint density at radius 2 is 2.11 bits per heavy atom. The molecule has 0 fully saturated rings. The van der Waals surface area contributed by atoms with E-state index in [0.29, 0.717) is 5.92 Å². The molecule has 0 radical (unpaired) electrons. The minimum Gasteiger partial charge on any atom is -0.497 e. The van der Waals surface area contributed by atoms with Gasteiger partial charge < -0.3 is 10.1 Å². The van der Waals surface area contributed by atoms with Crippen LogP contribution in [-0.4, -0.2) is 13.7 Å². The van der Waals surface area contributed by atoms with Crippen LogP contribution in [0.3, 0.4) is 0 Å². The molecule has 1 aliphatic carbocycles. The van der Waals surface area contributed by atoms with Crippen LogP contribution < -0.4 is 10.1 Å². The smallest absolute Gasteiger partial charge is 0.122 e. The molecule has 2 nitrogen and oxygen atoms in total. The first-order valence-corrected chi connectivity index (χ1v) is 7.22. The van der Waals surface area contributed by atoms with Gasteiger partial charge in [-0.2, -0.15) is 0 Å². The minimum absolute atomic E-state index is 0.626. The number of hydrogen-bond donors (Lipinski definition) is 1. The standard InChI is InChI=1S/C16H16BrNO/c1-19-15-8-13(17)7-14(9-15)18-10-12-6-11-4-2-3-5-16(11)12/h2-5,7-9,12,18H,6,10H2,1H3. The van der Waals surface area contributed by atoms with E-state index in [2.05, 4.69) is 51.6 Å². The molecule has 0 aromatic heterocycles. The Hall–Kier alpha value is -1.48. The fourth-order valence-electron chi connectivity index (χ4n) is 2.57. The maximum atomic E-state index is 5.27. The predicted molar refractivity (Wildman–Crippen MR) is 82.1 cm³/mol. The summed E-state index contributed by atoms with van der Waals surface area (Å²) in [4.78, 5) is 0. The van der Waals surface area contributed by atoms with Crippen LogP contribution in [0.5, 0.6) is 5.75 Å². The Morgan fingerprint density at radius 3 is 2.89 bits per heavy atom. The molecule has 1 N–H and O–H groups in total. The van der Waals surface area contributed by atoms with E-state index < -0.39 is 0 Å². The van der Waals surface area contributed by atoms with Crippen LogP contribution >= 0.6 is 15.9 Å². The third-order valence-electron chi connectivity index (χ3n) is 3.62. The molecule has 0 amide bonds. The van der Waals surface area contributed by atoms with E-state index in [9.17, 15) is 0 Å². The topological polar surface area (TPSA) is 21.3 Å². The number of methoxy groups -OCH3 is 1. The van der Waals surface area contributed by atoms with Gasteiger partial charge in [-0.15, -0.1) is 0 Å². The highest BCUT2D eigenvalue weighted by atomic mass is 79.9. The molecule has 2 aromatic rings. The highest BCUT2D eigenvalue weighted by Gasteiger charge is 2.24. The zero-order chi connectivity index (χ0) is 13.2. The van der Waals surface area contributed by atoms with Gasteiger partial charge in [-0.25, -0.2) is 0 Å². The maximum Gasteiger partial charge on any atom is 0.122 e. The molecule has 0 saturated carbocycles. The molecule has 3 rings (SSSR count). The van der Waals surface area contributed by atoms with E-state index >= 15 is 0 Å². The van der Waals surface area contributed by atoms with Crippen molar-refractivity contribution in [3.8, 4) is 5.75 Å². The average molecular weight is 318 g/mol. The average Bonchev–Trinajstić information content (AvgIpc) is 2.39. The fraction of sp³-hybridized carbons (Fsp3) is 0.250. The summed E-state index contributed by atoms with van der Waals surface area (Å²) in [6.07, 6.45) is 1.17. The van der Waals surface area contributed by atoms with Crippen LogP contribution in [0.4, 0.5) is 5.69 Å². The van der Waals surface area contributed by atoms with Gasteiger partial charge in [0.15, 0.2) is 0 Å². The number of rotatable bonds is 4. The molecule has 1 aliphatic rings. The van der Waals surface area contributed by atoms with Crippen molar-refractivity contribution in [1.82, 2.24) is 0 Å². The monoisotopic (exact) mass is 317 g/mol. The van der Waals surface area contributed by atoms with Gasteiger partial charge in [0, 0.05) is 28.7 Å². The van der Waals surface area contributed by atoms with Gasteiger partial charge in [0.1, 0.15) is 5.75 Å². The Balaban J connectivity index is 1.66. The predicted octanol–water partition coefficient (Wildman–Crippen LogP) is 4.21. The SMILES string of the molecule is COc1cc(Br)cc(NCC2Cc3ccccc32)c1. The van der Waals surface area contributed by atoms with Crippen molar-refractivity contribution in [1.29, 1.82) is 0 Å². The summed E-state index contributed by atoms with van der Waals surface area (Å²) in [5, 5.41) is 3.49. The summed E-state index contributed by atoms with van der Waals surface area (Å²) in [5.41, 5.74) is 4.06. The van der Waals surface area contributed by atoms with Crippen molar-refractivity contribution >= 4 is 21.6 Å². The van der Waals surface area contributed by atoms with Crippen molar-refractivity contribution in [2.24, 2.45) is 0 Å². The van der Waals surface area contributed by atoms with Gasteiger partial charge in [0.25, 0.3) is 0 Å². The molecule has 0 spiro atoms. The summed E-state index contributed by atoms with van der Waals surface area (Å²) in [7, 11) is 1.69. The van der Waals surface area contributed by atoms with E-state index in [4.69, 9.17) is 4.74 Å². The van der Waals surface area contributed by atoms with E-state index in [-0.39, 0.29) is 0 Å². The molecule has 0 bridgehead atoms. The van der Waals surface area contributed by atoms with Crippen molar-refractivity contribution in [2.75, 3.05) is 19.0 Å². The number of anilines is 1. The Bertz CT molecular complexity index is 597. The van der Waals surface area contributed by atoms with Crippen LogP contribution in [0.15, 0.2) is 46.9 Å². The molecule has 3 heteroatoms. The molecule has 98 valence electrons. The number of fused-ring (bicyclic) bond motifs is 1. The molecular weight excluding hydrogens is 302 g/mol. The lowest BCUT2D eigenvalue weighted by molar-refractivity contribution is 0.414. The van der Waals surface area contributed by atoms with E-state index in [1.807, 2.05) is 12.1 Å². The summed E-state index contributed by atoms with van der Waals surface area (Å²) >= 11 is 3.50. The minimum atomic E-state index is 0.626. The Morgan fingerprint density at radius 1 is 1.26 bits per heavy atom.